The van der Waals surface area contributed by atoms with E-state index in [0.717, 1.165) is 65.4 Å². The van der Waals surface area contributed by atoms with E-state index < -0.39 is 5.97 Å². The molecule has 4 aromatic rings. The summed E-state index contributed by atoms with van der Waals surface area (Å²) in [6.45, 7) is 1.66. The van der Waals surface area contributed by atoms with Gasteiger partial charge in [-0.3, -0.25) is 0 Å². The zero-order chi connectivity index (χ0) is 20.8. The molecule has 0 spiro atoms. The molecule has 0 bridgehead atoms. The van der Waals surface area contributed by atoms with Crippen molar-refractivity contribution in [3.8, 4) is 5.69 Å². The maximum atomic E-state index is 12.5. The van der Waals surface area contributed by atoms with Crippen molar-refractivity contribution in [2.24, 2.45) is 0 Å². The summed E-state index contributed by atoms with van der Waals surface area (Å²) in [7, 11) is 0. The smallest absolute Gasteiger partial charge is 0.355 e. The third-order valence-corrected chi connectivity index (χ3v) is 6.57. The van der Waals surface area contributed by atoms with Crippen LogP contribution >= 0.6 is 23.2 Å². The molecule has 4 nitrogen and oxygen atoms in total. The highest BCUT2D eigenvalue weighted by Gasteiger charge is 2.28. The molecule has 6 heteroatoms. The van der Waals surface area contributed by atoms with Crippen molar-refractivity contribution in [1.29, 1.82) is 0 Å². The fourth-order valence-corrected chi connectivity index (χ4v) is 4.81. The summed E-state index contributed by atoms with van der Waals surface area (Å²) in [4.78, 5) is 14.7. The molecule has 0 saturated carbocycles. The standard InChI is InChI=1S/C24H20Cl2N2O2/c25-19-13-18-21(14-20(19)26)28(17-9-8-15-6-2-3-7-16(15)12-17)23(24(29)30)22(18)27-10-4-1-5-11-27/h2-3,6-9,12-14H,1,4-5,10-11H2,(H,29,30). The summed E-state index contributed by atoms with van der Waals surface area (Å²) in [6.07, 6.45) is 3.25. The van der Waals surface area contributed by atoms with Gasteiger partial charge in [-0.2, -0.15) is 0 Å². The molecule has 0 radical (unpaired) electrons. The highest BCUT2D eigenvalue weighted by molar-refractivity contribution is 6.43. The number of rotatable bonds is 3. The first kappa shape index (κ1) is 19.3. The quantitative estimate of drug-likeness (QED) is 0.383. The molecule has 0 aliphatic carbocycles. The number of fused-ring (bicyclic) bond motifs is 2. The number of halogens is 2. The largest absolute Gasteiger partial charge is 0.476 e. The maximum Gasteiger partial charge on any atom is 0.355 e. The minimum atomic E-state index is -0.966. The second-order valence-electron chi connectivity index (χ2n) is 7.70. The highest BCUT2D eigenvalue weighted by atomic mass is 35.5. The molecule has 1 aliphatic heterocycles. The monoisotopic (exact) mass is 438 g/mol. The topological polar surface area (TPSA) is 45.5 Å². The molecular formula is C24H20Cl2N2O2. The lowest BCUT2D eigenvalue weighted by molar-refractivity contribution is 0.0689. The summed E-state index contributed by atoms with van der Waals surface area (Å²) >= 11 is 12.7. The number of carbonyl (C=O) groups is 1. The van der Waals surface area contributed by atoms with Gasteiger partial charge in [-0.05, 0) is 54.3 Å². The van der Waals surface area contributed by atoms with Crippen molar-refractivity contribution in [3.63, 3.8) is 0 Å². The number of carboxylic acid groups (broad SMARTS) is 1. The average molecular weight is 439 g/mol. The van der Waals surface area contributed by atoms with Gasteiger partial charge in [-0.25, -0.2) is 4.79 Å². The molecule has 1 saturated heterocycles. The zero-order valence-electron chi connectivity index (χ0n) is 16.2. The lowest BCUT2D eigenvalue weighted by Gasteiger charge is -2.29. The van der Waals surface area contributed by atoms with Gasteiger partial charge in [0.15, 0.2) is 5.69 Å². The first-order valence-electron chi connectivity index (χ1n) is 10.1. The van der Waals surface area contributed by atoms with E-state index in [1.54, 1.807) is 16.7 Å². The van der Waals surface area contributed by atoms with Crippen LogP contribution in [0.1, 0.15) is 29.8 Å². The molecule has 0 unspecified atom stereocenters. The second kappa shape index (κ2) is 7.53. The number of anilines is 1. The first-order valence-corrected chi connectivity index (χ1v) is 10.8. The minimum absolute atomic E-state index is 0.250. The van der Waals surface area contributed by atoms with E-state index in [4.69, 9.17) is 23.2 Å². The van der Waals surface area contributed by atoms with Gasteiger partial charge in [0.25, 0.3) is 0 Å². The van der Waals surface area contributed by atoms with E-state index in [1.807, 2.05) is 42.5 Å². The number of aromatic nitrogens is 1. The number of hydrogen-bond donors (Lipinski definition) is 1. The van der Waals surface area contributed by atoms with Gasteiger partial charge in [0.05, 0.1) is 21.2 Å². The van der Waals surface area contributed by atoms with Crippen molar-refractivity contribution in [2.45, 2.75) is 19.3 Å². The number of benzene rings is 3. The Morgan fingerprint density at radius 2 is 1.57 bits per heavy atom. The normalized spacial score (nSPS) is 14.5. The van der Waals surface area contributed by atoms with Crippen LogP contribution in [0.3, 0.4) is 0 Å². The van der Waals surface area contributed by atoms with Crippen LogP contribution in [0.15, 0.2) is 54.6 Å². The van der Waals surface area contributed by atoms with Crippen LogP contribution in [0.4, 0.5) is 5.69 Å². The van der Waals surface area contributed by atoms with E-state index in [9.17, 15) is 9.90 Å². The van der Waals surface area contributed by atoms with E-state index in [1.165, 1.54) is 0 Å². The van der Waals surface area contributed by atoms with Crippen molar-refractivity contribution in [3.05, 3.63) is 70.3 Å². The third-order valence-electron chi connectivity index (χ3n) is 5.85. The summed E-state index contributed by atoms with van der Waals surface area (Å²) < 4.78 is 1.80. The van der Waals surface area contributed by atoms with Crippen molar-refractivity contribution in [2.75, 3.05) is 18.0 Å². The fourth-order valence-electron chi connectivity index (χ4n) is 4.48. The molecule has 0 amide bonds. The predicted octanol–water partition coefficient (Wildman–Crippen LogP) is 6.78. The summed E-state index contributed by atoms with van der Waals surface area (Å²) in [5.41, 5.74) is 2.51. The molecule has 3 aromatic carbocycles. The summed E-state index contributed by atoms with van der Waals surface area (Å²) in [6, 6.07) is 17.6. The molecule has 2 heterocycles. The Hall–Kier alpha value is -2.69. The van der Waals surface area contributed by atoms with Gasteiger partial charge in [0, 0.05) is 24.2 Å². The number of nitrogens with zero attached hydrogens (tertiary/aromatic N) is 2. The molecule has 1 fully saturated rings. The molecule has 1 N–H and O–H groups in total. The van der Waals surface area contributed by atoms with Crippen molar-refractivity contribution >= 4 is 56.5 Å². The lowest BCUT2D eigenvalue weighted by Crippen LogP contribution is -2.30. The minimum Gasteiger partial charge on any atom is -0.476 e. The summed E-state index contributed by atoms with van der Waals surface area (Å²) in [5, 5.41) is 14.1. The Balaban J connectivity index is 1.86. The maximum absolute atomic E-state index is 12.5. The predicted molar refractivity (Wildman–Crippen MR) is 124 cm³/mol. The van der Waals surface area contributed by atoms with Crippen LogP contribution in [-0.4, -0.2) is 28.7 Å². The van der Waals surface area contributed by atoms with Crippen molar-refractivity contribution < 1.29 is 9.90 Å². The van der Waals surface area contributed by atoms with E-state index in [2.05, 4.69) is 4.90 Å². The van der Waals surface area contributed by atoms with E-state index in [-0.39, 0.29) is 5.69 Å². The van der Waals surface area contributed by atoms with Crippen LogP contribution in [0.25, 0.3) is 27.4 Å². The Morgan fingerprint density at radius 3 is 2.30 bits per heavy atom. The van der Waals surface area contributed by atoms with Crippen LogP contribution in [0.2, 0.25) is 10.0 Å². The molecule has 1 aromatic heterocycles. The first-order chi connectivity index (χ1) is 14.5. The van der Waals surface area contributed by atoms with Crippen LogP contribution in [-0.2, 0) is 0 Å². The molecule has 30 heavy (non-hydrogen) atoms. The zero-order valence-corrected chi connectivity index (χ0v) is 17.7. The second-order valence-corrected chi connectivity index (χ2v) is 8.51. The Morgan fingerprint density at radius 1 is 0.867 bits per heavy atom. The number of aromatic carboxylic acids is 1. The average Bonchev–Trinajstić information content (AvgIpc) is 3.08. The van der Waals surface area contributed by atoms with Crippen LogP contribution in [0.5, 0.6) is 0 Å². The van der Waals surface area contributed by atoms with Crippen LogP contribution in [0, 0.1) is 0 Å². The third kappa shape index (κ3) is 3.11. The van der Waals surface area contributed by atoms with Gasteiger partial charge in [0.2, 0.25) is 0 Å². The van der Waals surface area contributed by atoms with Gasteiger partial charge in [-0.15, -0.1) is 0 Å². The van der Waals surface area contributed by atoms with Gasteiger partial charge >= 0.3 is 5.97 Å². The Labute approximate surface area is 184 Å². The van der Waals surface area contributed by atoms with Gasteiger partial charge in [-0.1, -0.05) is 53.5 Å². The summed E-state index contributed by atoms with van der Waals surface area (Å²) in [5.74, 6) is -0.966. The number of carboxylic acids is 1. The van der Waals surface area contributed by atoms with E-state index in [0.29, 0.717) is 10.0 Å². The highest BCUT2D eigenvalue weighted by Crippen LogP contribution is 2.41. The Bertz CT molecular complexity index is 1290. The van der Waals surface area contributed by atoms with E-state index >= 15 is 0 Å². The van der Waals surface area contributed by atoms with Gasteiger partial charge < -0.3 is 14.6 Å². The van der Waals surface area contributed by atoms with Crippen molar-refractivity contribution in [1.82, 2.24) is 4.57 Å². The molecular weight excluding hydrogens is 419 g/mol. The number of piperidine rings is 1. The van der Waals surface area contributed by atoms with Crippen LogP contribution < -0.4 is 4.90 Å². The molecule has 0 atom stereocenters. The fraction of sp³-hybridized carbons (Fsp3) is 0.208. The SMILES string of the molecule is O=C(O)c1c(N2CCCCC2)c2cc(Cl)c(Cl)cc2n1-c1ccc2ccccc2c1. The molecule has 152 valence electrons. The Kier molecular flexibility index (Phi) is 4.84. The molecule has 5 rings (SSSR count). The molecule has 1 aliphatic rings. The lowest BCUT2D eigenvalue weighted by atomic mass is 10.1. The number of hydrogen-bond acceptors (Lipinski definition) is 2. The van der Waals surface area contributed by atoms with Gasteiger partial charge in [0.1, 0.15) is 0 Å².